The van der Waals surface area contributed by atoms with Crippen LogP contribution in [-0.4, -0.2) is 79.9 Å². The highest BCUT2D eigenvalue weighted by atomic mass is 31.2. The zero-order valence-corrected chi connectivity index (χ0v) is 43.5. The van der Waals surface area contributed by atoms with E-state index in [1.807, 2.05) is 0 Å². The lowest BCUT2D eigenvalue weighted by Gasteiger charge is -2.42. The van der Waals surface area contributed by atoms with Crippen LogP contribution in [-0.2, 0) is 18.6 Å². The maximum Gasteiger partial charge on any atom is 0.192 e. The van der Waals surface area contributed by atoms with Crippen LogP contribution in [0.1, 0.15) is 258 Å². The molecule has 0 aromatic rings. The first kappa shape index (κ1) is 62.4. The van der Waals surface area contributed by atoms with E-state index in [0.29, 0.717) is 26.4 Å². The molecule has 0 amide bonds. The van der Waals surface area contributed by atoms with E-state index in [-0.39, 0.29) is 17.5 Å². The normalized spacial score (nSPS) is 14.4. The molecule has 0 bridgehead atoms. The lowest BCUT2D eigenvalue weighted by molar-refractivity contribution is -0.902. The van der Waals surface area contributed by atoms with Gasteiger partial charge >= 0.3 is 0 Å². The number of quaternary nitrogens is 1. The van der Waals surface area contributed by atoms with Crippen LogP contribution in [0.5, 0.6) is 0 Å². The fourth-order valence-corrected chi connectivity index (χ4v) is 9.61. The molecule has 0 saturated heterocycles. The van der Waals surface area contributed by atoms with Crippen LogP contribution < -0.4 is 4.89 Å². The average molecular weight is 914 g/mol. The third-order valence-corrected chi connectivity index (χ3v) is 15.0. The van der Waals surface area contributed by atoms with Gasteiger partial charge in [-0.15, -0.1) is 0 Å². The molecule has 0 radical (unpaired) electrons. The van der Waals surface area contributed by atoms with Gasteiger partial charge in [-0.3, -0.25) is 0 Å². The Morgan fingerprint density at radius 2 is 0.841 bits per heavy atom. The Balaban J connectivity index is 4.24. The minimum Gasteiger partial charge on any atom is -0.774 e. The van der Waals surface area contributed by atoms with Gasteiger partial charge in [0.25, 0.3) is 0 Å². The summed E-state index contributed by atoms with van der Waals surface area (Å²) < 4.78 is 31.1. The van der Waals surface area contributed by atoms with Crippen LogP contribution in [0, 0.1) is 0 Å². The van der Waals surface area contributed by atoms with Crippen molar-refractivity contribution in [2.45, 2.75) is 277 Å². The number of unbranched alkanes of at least 4 members (excludes halogenated alkanes) is 32. The molecule has 376 valence electrons. The van der Waals surface area contributed by atoms with E-state index in [2.05, 4.69) is 38.2 Å². The number of allylic oxidation sites excluding steroid dienone is 4. The first-order valence-electron chi connectivity index (χ1n) is 27.2. The second kappa shape index (κ2) is 46.5. The molecule has 0 aliphatic rings. The van der Waals surface area contributed by atoms with Crippen molar-refractivity contribution < 1.29 is 38.2 Å². The standard InChI is InChI=1S/C54H108NO7P/c1-6-8-10-12-14-16-18-20-22-24-26-28-30-32-34-36-38-40-42-44-48-60-50-53(51-62-63(58,59)52(3)55(4,5)47-46-54(56)57)61-49-45-43-41-39-37-35-33-31-29-27-25-23-21-19-17-15-13-11-9-7-2/h20-23,52-54,56-57H,6-19,24-51H2,1-5H3/b22-20-,23-21-/t52?,53-/m1/s1. The third-order valence-electron chi connectivity index (χ3n) is 13.0. The summed E-state index contributed by atoms with van der Waals surface area (Å²) in [6.07, 6.45) is 54.4. The van der Waals surface area contributed by atoms with E-state index in [4.69, 9.17) is 14.0 Å². The Morgan fingerprint density at radius 1 is 0.508 bits per heavy atom. The number of rotatable bonds is 51. The fourth-order valence-electron chi connectivity index (χ4n) is 8.14. The summed E-state index contributed by atoms with van der Waals surface area (Å²) in [6.45, 7) is 7.93. The molecule has 0 heterocycles. The van der Waals surface area contributed by atoms with Crippen molar-refractivity contribution in [1.29, 1.82) is 0 Å². The van der Waals surface area contributed by atoms with E-state index in [1.54, 1.807) is 21.0 Å². The summed E-state index contributed by atoms with van der Waals surface area (Å²) in [6, 6.07) is 0. The second-order valence-corrected chi connectivity index (χ2v) is 21.6. The quantitative estimate of drug-likeness (QED) is 0.0206. The number of ether oxygens (including phenoxy) is 2. The summed E-state index contributed by atoms with van der Waals surface area (Å²) in [5.41, 5.74) is 0. The van der Waals surface area contributed by atoms with E-state index >= 15 is 0 Å². The van der Waals surface area contributed by atoms with E-state index in [9.17, 15) is 19.7 Å². The summed E-state index contributed by atoms with van der Waals surface area (Å²) >= 11 is 0. The predicted molar refractivity (Wildman–Crippen MR) is 269 cm³/mol. The Morgan fingerprint density at radius 3 is 1.21 bits per heavy atom. The molecule has 0 aliphatic heterocycles. The molecule has 0 rings (SSSR count). The molecule has 0 aromatic carbocycles. The Bertz CT molecular complexity index is 1040. The van der Waals surface area contributed by atoms with Gasteiger partial charge < -0.3 is 38.2 Å². The number of hydrogen-bond acceptors (Lipinski definition) is 7. The molecule has 2 N–H and O–H groups in total. The third kappa shape index (κ3) is 43.7. The highest BCUT2D eigenvalue weighted by molar-refractivity contribution is 7.51. The van der Waals surface area contributed by atoms with E-state index < -0.39 is 25.8 Å². The molecule has 0 aliphatic carbocycles. The zero-order valence-electron chi connectivity index (χ0n) is 42.6. The first-order chi connectivity index (χ1) is 30.6. The minimum atomic E-state index is -4.26. The summed E-state index contributed by atoms with van der Waals surface area (Å²) in [5, 5.41) is 18.7. The van der Waals surface area contributed by atoms with E-state index in [0.717, 1.165) is 25.7 Å². The van der Waals surface area contributed by atoms with Gasteiger partial charge in [-0.25, -0.2) is 0 Å². The topological polar surface area (TPSA) is 108 Å². The Labute approximate surface area is 392 Å². The number of hydrogen-bond donors (Lipinski definition) is 2. The molecule has 0 saturated carbocycles. The van der Waals surface area contributed by atoms with Crippen LogP contribution in [0.25, 0.3) is 0 Å². The molecular weight excluding hydrogens is 806 g/mol. The van der Waals surface area contributed by atoms with Gasteiger partial charge in [0.1, 0.15) is 11.9 Å². The van der Waals surface area contributed by atoms with Gasteiger partial charge in [-0.1, -0.05) is 205 Å². The first-order valence-corrected chi connectivity index (χ1v) is 28.8. The van der Waals surface area contributed by atoms with Gasteiger partial charge in [0.2, 0.25) is 0 Å². The maximum absolute atomic E-state index is 13.2. The van der Waals surface area contributed by atoms with Gasteiger partial charge in [0, 0.05) is 19.6 Å². The van der Waals surface area contributed by atoms with Crippen LogP contribution in [0.3, 0.4) is 0 Å². The van der Waals surface area contributed by atoms with Crippen molar-refractivity contribution in [3.05, 3.63) is 24.3 Å². The highest BCUT2D eigenvalue weighted by Crippen LogP contribution is 2.46. The van der Waals surface area contributed by atoms with Crippen LogP contribution >= 0.6 is 7.60 Å². The van der Waals surface area contributed by atoms with Crippen LogP contribution in [0.15, 0.2) is 24.3 Å². The van der Waals surface area contributed by atoms with Crippen molar-refractivity contribution in [2.75, 3.05) is 47.1 Å². The molecule has 0 spiro atoms. The van der Waals surface area contributed by atoms with Gasteiger partial charge in [-0.2, -0.15) is 0 Å². The van der Waals surface area contributed by atoms with Gasteiger partial charge in [0.05, 0.1) is 33.9 Å². The van der Waals surface area contributed by atoms with Crippen molar-refractivity contribution in [3.63, 3.8) is 0 Å². The Hall–Kier alpha value is -0.570. The summed E-state index contributed by atoms with van der Waals surface area (Å²) in [7, 11) is -0.720. The molecule has 63 heavy (non-hydrogen) atoms. The summed E-state index contributed by atoms with van der Waals surface area (Å²) in [4.78, 5) is 13.2. The molecule has 2 unspecified atom stereocenters. The number of nitrogens with zero attached hydrogens (tertiary/aromatic N) is 1. The lowest BCUT2D eigenvalue weighted by atomic mass is 10.1. The molecule has 8 nitrogen and oxygen atoms in total. The van der Waals surface area contributed by atoms with Crippen molar-refractivity contribution >= 4 is 7.60 Å². The van der Waals surface area contributed by atoms with Gasteiger partial charge in [-0.05, 0) is 71.1 Å². The Kier molecular flexibility index (Phi) is 46.1. The maximum atomic E-state index is 13.2. The number of aliphatic hydroxyl groups is 2. The van der Waals surface area contributed by atoms with Crippen molar-refractivity contribution in [3.8, 4) is 0 Å². The average Bonchev–Trinajstić information content (AvgIpc) is 3.26. The van der Waals surface area contributed by atoms with Crippen LogP contribution in [0.2, 0.25) is 0 Å². The minimum absolute atomic E-state index is 0.0703. The monoisotopic (exact) mass is 914 g/mol. The molecule has 9 heteroatoms. The van der Waals surface area contributed by atoms with Crippen LogP contribution in [0.4, 0.5) is 0 Å². The van der Waals surface area contributed by atoms with Crippen molar-refractivity contribution in [2.24, 2.45) is 0 Å². The lowest BCUT2D eigenvalue weighted by Crippen LogP contribution is -2.50. The fraction of sp³-hybridized carbons (Fsp3) is 0.926. The molecular formula is C54H108NO7P. The van der Waals surface area contributed by atoms with Crippen molar-refractivity contribution in [1.82, 2.24) is 0 Å². The van der Waals surface area contributed by atoms with E-state index in [1.165, 1.54) is 205 Å². The molecule has 3 atom stereocenters. The molecule has 0 aromatic heterocycles. The SMILES string of the molecule is CCCCCCCC/C=C\CCCCCCCCCCCCOC[C@H](COP(=O)([O-])C(C)[N+](C)(C)CCC(O)O)OCCCCCCCCCCCC/C=C\CCCCCCCC. The highest BCUT2D eigenvalue weighted by Gasteiger charge is 2.35. The molecule has 0 fully saturated rings. The zero-order chi connectivity index (χ0) is 46.4. The second-order valence-electron chi connectivity index (χ2n) is 19.5. The summed E-state index contributed by atoms with van der Waals surface area (Å²) in [5.74, 6) is -0.841. The predicted octanol–water partition coefficient (Wildman–Crippen LogP) is 15.3. The largest absolute Gasteiger partial charge is 0.774 e. The van der Waals surface area contributed by atoms with Gasteiger partial charge in [0.15, 0.2) is 13.9 Å². The number of aliphatic hydroxyl groups excluding tert-OH is 1. The smallest absolute Gasteiger partial charge is 0.192 e.